The van der Waals surface area contributed by atoms with Crippen molar-refractivity contribution in [3.63, 3.8) is 0 Å². The Kier molecular flexibility index (Phi) is 6.04. The van der Waals surface area contributed by atoms with E-state index in [2.05, 4.69) is 102 Å². The van der Waals surface area contributed by atoms with E-state index < -0.39 is 0 Å². The molecule has 3 aromatic carbocycles. The second-order valence-electron chi connectivity index (χ2n) is 9.14. The lowest BCUT2D eigenvalue weighted by Crippen LogP contribution is -2.39. The fourth-order valence-electron chi connectivity index (χ4n) is 5.02. The topological polar surface area (TPSA) is 19.0 Å². The Morgan fingerprint density at radius 2 is 1.66 bits per heavy atom. The number of benzene rings is 3. The Balaban J connectivity index is 1.33. The van der Waals surface area contributed by atoms with E-state index in [4.69, 9.17) is 4.74 Å². The van der Waals surface area contributed by atoms with Crippen LogP contribution in [0.5, 0.6) is 5.75 Å². The van der Waals surface area contributed by atoms with Gasteiger partial charge in [0.1, 0.15) is 12.4 Å². The first-order valence-corrected chi connectivity index (χ1v) is 11.8. The highest BCUT2D eigenvalue weighted by Gasteiger charge is 2.29. The van der Waals surface area contributed by atoms with Gasteiger partial charge in [-0.1, -0.05) is 42.5 Å². The van der Waals surface area contributed by atoms with Crippen molar-refractivity contribution in [3.05, 3.63) is 83.9 Å². The van der Waals surface area contributed by atoms with Gasteiger partial charge in [0.15, 0.2) is 0 Å². The monoisotopic (exact) mass is 427 g/mol. The highest BCUT2D eigenvalue weighted by atomic mass is 16.5. The number of fused-ring (bicyclic) bond motifs is 2. The predicted octanol–water partition coefficient (Wildman–Crippen LogP) is 5.49. The van der Waals surface area contributed by atoms with Crippen LogP contribution >= 0.6 is 0 Å². The van der Waals surface area contributed by atoms with Gasteiger partial charge in [0.25, 0.3) is 0 Å². The first-order chi connectivity index (χ1) is 15.7. The third kappa shape index (κ3) is 4.33. The molecule has 0 amide bonds. The Bertz CT molecular complexity index is 999. The minimum atomic E-state index is 0.551. The zero-order valence-electron chi connectivity index (χ0n) is 19.2. The summed E-state index contributed by atoms with van der Waals surface area (Å²) < 4.78 is 6.17. The van der Waals surface area contributed by atoms with Crippen LogP contribution in [-0.4, -0.2) is 44.7 Å². The molecule has 0 bridgehead atoms. The Morgan fingerprint density at radius 3 is 2.47 bits per heavy atom. The van der Waals surface area contributed by atoms with Gasteiger partial charge in [0, 0.05) is 50.2 Å². The summed E-state index contributed by atoms with van der Waals surface area (Å²) in [6.07, 6.45) is 3.62. The zero-order chi connectivity index (χ0) is 21.9. The molecule has 166 valence electrons. The van der Waals surface area contributed by atoms with E-state index in [0.717, 1.165) is 25.3 Å². The van der Waals surface area contributed by atoms with E-state index in [1.165, 1.54) is 47.6 Å². The van der Waals surface area contributed by atoms with Crippen LogP contribution in [0.3, 0.4) is 0 Å². The van der Waals surface area contributed by atoms with Gasteiger partial charge in [-0.25, -0.2) is 0 Å². The zero-order valence-corrected chi connectivity index (χ0v) is 19.2. The molecule has 32 heavy (non-hydrogen) atoms. The molecule has 4 nitrogen and oxygen atoms in total. The van der Waals surface area contributed by atoms with Gasteiger partial charge in [-0.05, 0) is 61.7 Å². The van der Waals surface area contributed by atoms with Crippen LogP contribution in [0.15, 0.2) is 72.8 Å². The first-order valence-electron chi connectivity index (χ1n) is 11.8. The third-order valence-corrected chi connectivity index (χ3v) is 6.85. The molecule has 3 aromatic rings. The molecule has 0 saturated carbocycles. The third-order valence-electron chi connectivity index (χ3n) is 6.85. The van der Waals surface area contributed by atoms with Crippen molar-refractivity contribution in [1.29, 1.82) is 0 Å². The second kappa shape index (κ2) is 9.25. The largest absolute Gasteiger partial charge is 0.487 e. The Hall–Kier alpha value is -2.98. The minimum absolute atomic E-state index is 0.551. The maximum Gasteiger partial charge on any atom is 0.143 e. The van der Waals surface area contributed by atoms with Gasteiger partial charge in [-0.3, -0.25) is 4.90 Å². The van der Waals surface area contributed by atoms with Crippen LogP contribution in [0.4, 0.5) is 17.1 Å². The smallest absolute Gasteiger partial charge is 0.143 e. The van der Waals surface area contributed by atoms with E-state index in [0.29, 0.717) is 12.6 Å². The molecule has 1 fully saturated rings. The normalized spacial score (nSPS) is 17.9. The molecule has 0 aromatic heterocycles. The standard InChI is InChI=1S/C28H33N3O/c1-29(2)24-15-13-22(14-16-24)17-19-30-18-7-9-25(30)20-31-26-10-4-3-8-23(26)21-32-28-12-6-5-11-27(28)31/h3-6,8,10-16,25H,7,9,17-21H2,1-2H3. The van der Waals surface area contributed by atoms with Crippen molar-refractivity contribution >= 4 is 17.1 Å². The van der Waals surface area contributed by atoms with Gasteiger partial charge >= 0.3 is 0 Å². The number of likely N-dealkylation sites (tertiary alicyclic amines) is 1. The summed E-state index contributed by atoms with van der Waals surface area (Å²) in [5.41, 5.74) is 6.40. The molecule has 4 heteroatoms. The lowest BCUT2D eigenvalue weighted by atomic mass is 10.1. The fourth-order valence-corrected chi connectivity index (χ4v) is 5.02. The average Bonchev–Trinajstić information content (AvgIpc) is 3.21. The second-order valence-corrected chi connectivity index (χ2v) is 9.14. The van der Waals surface area contributed by atoms with Gasteiger partial charge < -0.3 is 14.5 Å². The van der Waals surface area contributed by atoms with Crippen molar-refractivity contribution < 1.29 is 4.74 Å². The summed E-state index contributed by atoms with van der Waals surface area (Å²) >= 11 is 0. The quantitative estimate of drug-likeness (QED) is 0.518. The molecular weight excluding hydrogens is 394 g/mol. The summed E-state index contributed by atoms with van der Waals surface area (Å²) in [5, 5.41) is 0. The van der Waals surface area contributed by atoms with Gasteiger partial charge in [0.05, 0.1) is 5.69 Å². The molecule has 2 aliphatic rings. The highest BCUT2D eigenvalue weighted by Crippen LogP contribution is 2.40. The van der Waals surface area contributed by atoms with Crippen molar-refractivity contribution in [1.82, 2.24) is 4.90 Å². The van der Waals surface area contributed by atoms with Gasteiger partial charge in [0.2, 0.25) is 0 Å². The summed E-state index contributed by atoms with van der Waals surface area (Å²) in [4.78, 5) is 7.34. The molecule has 1 atom stereocenters. The lowest BCUT2D eigenvalue weighted by molar-refractivity contribution is 0.261. The Labute approximate surface area is 192 Å². The summed E-state index contributed by atoms with van der Waals surface area (Å²) in [5.74, 6) is 0.981. The van der Waals surface area contributed by atoms with E-state index in [1.807, 2.05) is 0 Å². The number of hydrogen-bond acceptors (Lipinski definition) is 4. The van der Waals surface area contributed by atoms with Crippen molar-refractivity contribution in [2.24, 2.45) is 0 Å². The van der Waals surface area contributed by atoms with Crippen LogP contribution in [0.1, 0.15) is 24.0 Å². The minimum Gasteiger partial charge on any atom is -0.487 e. The van der Waals surface area contributed by atoms with Crippen molar-refractivity contribution in [2.75, 3.05) is 43.5 Å². The predicted molar refractivity (Wildman–Crippen MR) is 133 cm³/mol. The SMILES string of the molecule is CN(C)c1ccc(CCN2CCCC2CN2c3ccccc3COc3ccccc32)cc1. The molecule has 0 spiro atoms. The summed E-state index contributed by atoms with van der Waals surface area (Å²) in [7, 11) is 4.18. The van der Waals surface area contributed by atoms with E-state index in [1.54, 1.807) is 0 Å². The Morgan fingerprint density at radius 1 is 0.906 bits per heavy atom. The average molecular weight is 428 g/mol. The molecule has 5 rings (SSSR count). The molecule has 0 N–H and O–H groups in total. The van der Waals surface area contributed by atoms with Crippen LogP contribution in [0.25, 0.3) is 0 Å². The molecule has 1 unspecified atom stereocenters. The van der Waals surface area contributed by atoms with E-state index in [9.17, 15) is 0 Å². The number of rotatable bonds is 6. The van der Waals surface area contributed by atoms with Gasteiger partial charge in [-0.2, -0.15) is 0 Å². The number of para-hydroxylation sites is 3. The fraction of sp³-hybridized carbons (Fsp3) is 0.357. The molecule has 2 heterocycles. The van der Waals surface area contributed by atoms with Crippen molar-refractivity contribution in [2.45, 2.75) is 31.9 Å². The highest BCUT2D eigenvalue weighted by molar-refractivity contribution is 5.72. The summed E-state index contributed by atoms with van der Waals surface area (Å²) in [6, 6.07) is 26.7. The maximum absolute atomic E-state index is 6.17. The van der Waals surface area contributed by atoms with Crippen LogP contribution in [0, 0.1) is 0 Å². The van der Waals surface area contributed by atoms with Crippen LogP contribution < -0.4 is 14.5 Å². The van der Waals surface area contributed by atoms with E-state index in [-0.39, 0.29) is 0 Å². The van der Waals surface area contributed by atoms with Crippen LogP contribution in [0.2, 0.25) is 0 Å². The summed E-state index contributed by atoms with van der Waals surface area (Å²) in [6.45, 7) is 3.92. The molecule has 0 aliphatic carbocycles. The first kappa shape index (κ1) is 20.9. The number of hydrogen-bond donors (Lipinski definition) is 0. The number of nitrogens with zero attached hydrogens (tertiary/aromatic N) is 3. The molecular formula is C28H33N3O. The molecule has 1 saturated heterocycles. The van der Waals surface area contributed by atoms with Gasteiger partial charge in [-0.15, -0.1) is 0 Å². The molecule has 0 radical (unpaired) electrons. The number of ether oxygens (including phenoxy) is 1. The molecule has 2 aliphatic heterocycles. The van der Waals surface area contributed by atoms with Crippen molar-refractivity contribution in [3.8, 4) is 5.75 Å². The van der Waals surface area contributed by atoms with Crippen LogP contribution in [-0.2, 0) is 13.0 Å². The number of anilines is 3. The lowest BCUT2D eigenvalue weighted by Gasteiger charge is -2.32. The maximum atomic E-state index is 6.17. The van der Waals surface area contributed by atoms with E-state index >= 15 is 0 Å².